The molecule has 1 rings (SSSR count). The predicted molar refractivity (Wildman–Crippen MR) is 53.7 cm³/mol. The van der Waals surface area contributed by atoms with Gasteiger partial charge in [-0.25, -0.2) is 0 Å². The summed E-state index contributed by atoms with van der Waals surface area (Å²) < 4.78 is 5.29. The van der Waals surface area contributed by atoms with E-state index >= 15 is 0 Å². The van der Waals surface area contributed by atoms with Gasteiger partial charge in [-0.3, -0.25) is 0 Å². The lowest BCUT2D eigenvalue weighted by Crippen LogP contribution is -2.15. The minimum atomic E-state index is 0.989. The van der Waals surface area contributed by atoms with Crippen LogP contribution in [0.4, 0.5) is 0 Å². The van der Waals surface area contributed by atoms with Crippen LogP contribution in [-0.2, 0) is 0 Å². The molecule has 0 aromatic heterocycles. The molecule has 1 aromatic rings. The average molecular weight is 161 g/mol. The van der Waals surface area contributed by atoms with Crippen molar-refractivity contribution in [2.24, 2.45) is 0 Å². The average Bonchev–Trinajstić information content (AvgIpc) is 2.03. The van der Waals surface area contributed by atoms with Gasteiger partial charge in [0.1, 0.15) is 5.75 Å². The van der Waals surface area contributed by atoms with Gasteiger partial charge >= 0.3 is 0 Å². The molecule has 1 nitrogen and oxygen atoms in total. The number of hydrogen-bond acceptors (Lipinski definition) is 1. The molecule has 0 saturated carbocycles. The molecule has 12 heavy (non-hydrogen) atoms. The Morgan fingerprint density at radius 2 is 1.92 bits per heavy atom. The summed E-state index contributed by atoms with van der Waals surface area (Å²) >= 11 is 0. The molecule has 0 N–H and O–H groups in total. The summed E-state index contributed by atoms with van der Waals surface area (Å²) in [5.74, 6) is 0.989. The van der Waals surface area contributed by atoms with E-state index in [9.17, 15) is 0 Å². The second kappa shape index (κ2) is 3.66. The van der Waals surface area contributed by atoms with E-state index in [4.69, 9.17) is 4.74 Å². The van der Waals surface area contributed by atoms with E-state index in [0.29, 0.717) is 0 Å². The topological polar surface area (TPSA) is 9.23 Å². The molecule has 1 aromatic carbocycles. The van der Waals surface area contributed by atoms with Gasteiger partial charge in [0.25, 0.3) is 0 Å². The minimum absolute atomic E-state index is 0.989. The van der Waals surface area contributed by atoms with Crippen LogP contribution in [0.2, 0.25) is 6.82 Å². The van der Waals surface area contributed by atoms with Crippen LogP contribution in [0.15, 0.2) is 12.1 Å². The molecule has 0 aliphatic rings. The Hall–Kier alpha value is -0.915. The van der Waals surface area contributed by atoms with Crippen molar-refractivity contribution in [3.05, 3.63) is 23.3 Å². The Kier molecular flexibility index (Phi) is 2.80. The van der Waals surface area contributed by atoms with Crippen molar-refractivity contribution in [2.45, 2.75) is 20.7 Å². The Morgan fingerprint density at radius 3 is 2.42 bits per heavy atom. The zero-order valence-electron chi connectivity index (χ0n) is 8.14. The SMILES string of the molecule is C[B]c1cc(C)cc(C)c1OC. The van der Waals surface area contributed by atoms with Crippen molar-refractivity contribution >= 4 is 12.7 Å². The molecule has 1 radical (unpaired) electrons. The quantitative estimate of drug-likeness (QED) is 0.599. The van der Waals surface area contributed by atoms with Crippen LogP contribution in [0.25, 0.3) is 0 Å². The maximum atomic E-state index is 5.29. The number of ether oxygens (including phenoxy) is 1. The highest BCUT2D eigenvalue weighted by Crippen LogP contribution is 2.15. The van der Waals surface area contributed by atoms with E-state index in [-0.39, 0.29) is 0 Å². The predicted octanol–water partition coefficient (Wildman–Crippen LogP) is 1.69. The van der Waals surface area contributed by atoms with Crippen molar-refractivity contribution < 1.29 is 4.74 Å². The van der Waals surface area contributed by atoms with E-state index in [0.717, 1.165) is 5.75 Å². The zero-order valence-corrected chi connectivity index (χ0v) is 8.14. The molecule has 0 fully saturated rings. The fourth-order valence-electron chi connectivity index (χ4n) is 1.48. The first kappa shape index (κ1) is 9.18. The van der Waals surface area contributed by atoms with Crippen LogP contribution in [0.5, 0.6) is 5.75 Å². The molecule has 0 heterocycles. The van der Waals surface area contributed by atoms with E-state index in [1.165, 1.54) is 16.6 Å². The van der Waals surface area contributed by atoms with Crippen LogP contribution >= 0.6 is 0 Å². The molecular weight excluding hydrogens is 147 g/mol. The smallest absolute Gasteiger partial charge is 0.153 e. The molecule has 2 heteroatoms. The highest BCUT2D eigenvalue weighted by molar-refractivity contribution is 6.53. The van der Waals surface area contributed by atoms with Gasteiger partial charge in [-0.15, -0.1) is 0 Å². The number of methoxy groups -OCH3 is 1. The first-order valence-corrected chi connectivity index (χ1v) is 4.13. The molecule has 0 amide bonds. The number of rotatable bonds is 2. The summed E-state index contributed by atoms with van der Waals surface area (Å²) in [5.41, 5.74) is 3.65. The largest absolute Gasteiger partial charge is 0.497 e. The van der Waals surface area contributed by atoms with E-state index in [1.54, 1.807) is 7.11 Å². The summed E-state index contributed by atoms with van der Waals surface area (Å²) in [4.78, 5) is 0. The van der Waals surface area contributed by atoms with Crippen molar-refractivity contribution in [3.63, 3.8) is 0 Å². The molecule has 0 unspecified atom stereocenters. The third-order valence-corrected chi connectivity index (χ3v) is 1.96. The van der Waals surface area contributed by atoms with Gasteiger partial charge in [0.2, 0.25) is 0 Å². The number of hydrogen-bond donors (Lipinski definition) is 0. The van der Waals surface area contributed by atoms with E-state index in [1.807, 2.05) is 6.82 Å². The molecule has 0 aliphatic heterocycles. The van der Waals surface area contributed by atoms with E-state index in [2.05, 4.69) is 33.3 Å². The van der Waals surface area contributed by atoms with Gasteiger partial charge in [0.15, 0.2) is 7.28 Å². The maximum Gasteiger partial charge on any atom is 0.153 e. The Bertz CT molecular complexity index is 281. The summed E-state index contributed by atoms with van der Waals surface area (Å²) in [7, 11) is 3.78. The second-order valence-corrected chi connectivity index (χ2v) is 2.99. The number of aryl methyl sites for hydroxylation is 2. The van der Waals surface area contributed by atoms with Crippen LogP contribution in [0.1, 0.15) is 11.1 Å². The standard InChI is InChI=1S/C10H14BO/c1-7-5-8(2)10(12-4)9(6-7)11-3/h5-6H,1-4H3. The van der Waals surface area contributed by atoms with Gasteiger partial charge in [0, 0.05) is 0 Å². The number of benzene rings is 1. The third-order valence-electron chi connectivity index (χ3n) is 1.96. The molecule has 0 saturated heterocycles. The lowest BCUT2D eigenvalue weighted by atomic mass is 9.71. The molecule has 0 bridgehead atoms. The summed E-state index contributed by atoms with van der Waals surface area (Å²) in [6.07, 6.45) is 0. The molecular formula is C10H14BO. The van der Waals surface area contributed by atoms with Crippen molar-refractivity contribution in [2.75, 3.05) is 7.11 Å². The molecule has 0 atom stereocenters. The lowest BCUT2D eigenvalue weighted by molar-refractivity contribution is 0.415. The van der Waals surface area contributed by atoms with Crippen LogP contribution in [0.3, 0.4) is 0 Å². The van der Waals surface area contributed by atoms with Gasteiger partial charge in [-0.05, 0) is 24.9 Å². The van der Waals surface area contributed by atoms with E-state index < -0.39 is 0 Å². The van der Waals surface area contributed by atoms with Crippen molar-refractivity contribution in [3.8, 4) is 5.75 Å². The molecule has 0 aliphatic carbocycles. The van der Waals surface area contributed by atoms with Gasteiger partial charge in [0.05, 0.1) is 7.11 Å². The van der Waals surface area contributed by atoms with Crippen molar-refractivity contribution in [1.29, 1.82) is 0 Å². The fraction of sp³-hybridized carbons (Fsp3) is 0.400. The minimum Gasteiger partial charge on any atom is -0.497 e. The summed E-state index contributed by atoms with van der Waals surface area (Å²) in [6, 6.07) is 4.26. The van der Waals surface area contributed by atoms with Gasteiger partial charge in [-0.2, -0.15) is 0 Å². The van der Waals surface area contributed by atoms with Gasteiger partial charge in [-0.1, -0.05) is 24.5 Å². The van der Waals surface area contributed by atoms with Crippen LogP contribution in [-0.4, -0.2) is 14.4 Å². The van der Waals surface area contributed by atoms with Crippen molar-refractivity contribution in [1.82, 2.24) is 0 Å². The highest BCUT2D eigenvalue weighted by atomic mass is 16.5. The first-order valence-electron chi connectivity index (χ1n) is 4.13. The Balaban J connectivity index is 3.24. The first-order chi connectivity index (χ1) is 5.69. The monoisotopic (exact) mass is 161 g/mol. The Morgan fingerprint density at radius 1 is 1.25 bits per heavy atom. The zero-order chi connectivity index (χ0) is 9.14. The maximum absolute atomic E-state index is 5.29. The molecule has 63 valence electrons. The normalized spacial score (nSPS) is 9.67. The van der Waals surface area contributed by atoms with Crippen LogP contribution < -0.4 is 10.2 Å². The Labute approximate surface area is 75.0 Å². The third kappa shape index (κ3) is 1.63. The second-order valence-electron chi connectivity index (χ2n) is 2.99. The highest BCUT2D eigenvalue weighted by Gasteiger charge is 2.04. The molecule has 0 spiro atoms. The summed E-state index contributed by atoms with van der Waals surface area (Å²) in [5, 5.41) is 0. The summed E-state index contributed by atoms with van der Waals surface area (Å²) in [6.45, 7) is 6.19. The van der Waals surface area contributed by atoms with Crippen LogP contribution in [0, 0.1) is 13.8 Å². The van der Waals surface area contributed by atoms with Gasteiger partial charge < -0.3 is 4.74 Å². The lowest BCUT2D eigenvalue weighted by Gasteiger charge is -2.10. The fourth-order valence-corrected chi connectivity index (χ4v) is 1.48.